The van der Waals surface area contributed by atoms with Gasteiger partial charge in [0.05, 0.1) is 11.6 Å². The number of carbonyl (C=O) groups is 1. The van der Waals surface area contributed by atoms with Gasteiger partial charge in [-0.2, -0.15) is 0 Å². The molecular formula is C28H29Cl2N3O2. The molecule has 5 rings (SSSR count). The van der Waals surface area contributed by atoms with Gasteiger partial charge in [-0.05, 0) is 72.7 Å². The fourth-order valence-corrected chi connectivity index (χ4v) is 5.37. The molecule has 0 atom stereocenters. The summed E-state index contributed by atoms with van der Waals surface area (Å²) in [6, 6.07) is 19.9. The zero-order valence-corrected chi connectivity index (χ0v) is 21.5. The normalized spacial score (nSPS) is 15.9. The van der Waals surface area contributed by atoms with Crippen molar-refractivity contribution in [3.05, 3.63) is 87.4 Å². The van der Waals surface area contributed by atoms with Crippen molar-refractivity contribution in [2.45, 2.75) is 6.04 Å². The van der Waals surface area contributed by atoms with Gasteiger partial charge in [0.15, 0.2) is 0 Å². The summed E-state index contributed by atoms with van der Waals surface area (Å²) in [5.74, 6) is 0.671. The van der Waals surface area contributed by atoms with Crippen molar-refractivity contribution in [3.63, 3.8) is 0 Å². The first-order chi connectivity index (χ1) is 16.9. The second kappa shape index (κ2) is 10.2. The predicted molar refractivity (Wildman–Crippen MR) is 142 cm³/mol. The SMILES string of the molecule is CN(C)CCOc1ccccc1C(=O)N1CCN(C2c3ccc(Cl)cc3-c3cc(Cl)ccc32)CC1. The highest BCUT2D eigenvalue weighted by atomic mass is 35.5. The number of hydrogen-bond donors (Lipinski definition) is 0. The van der Waals surface area contributed by atoms with Crippen molar-refractivity contribution in [2.75, 3.05) is 53.4 Å². The van der Waals surface area contributed by atoms with Crippen LogP contribution < -0.4 is 4.74 Å². The van der Waals surface area contributed by atoms with Crippen LogP contribution in [0.15, 0.2) is 60.7 Å². The Morgan fingerprint density at radius 3 is 2.11 bits per heavy atom. The molecule has 5 nitrogen and oxygen atoms in total. The maximum absolute atomic E-state index is 13.4. The maximum Gasteiger partial charge on any atom is 0.257 e. The van der Waals surface area contributed by atoms with Gasteiger partial charge in [0.25, 0.3) is 5.91 Å². The van der Waals surface area contributed by atoms with Gasteiger partial charge in [0.1, 0.15) is 12.4 Å². The Labute approximate surface area is 216 Å². The first kappa shape index (κ1) is 24.1. The lowest BCUT2D eigenvalue weighted by molar-refractivity contribution is 0.0595. The molecule has 0 N–H and O–H groups in total. The van der Waals surface area contributed by atoms with E-state index in [9.17, 15) is 4.79 Å². The average Bonchev–Trinajstić information content (AvgIpc) is 3.16. The second-order valence-electron chi connectivity index (χ2n) is 9.34. The lowest BCUT2D eigenvalue weighted by Crippen LogP contribution is -2.49. The predicted octanol–water partition coefficient (Wildman–Crippen LogP) is 5.46. The summed E-state index contributed by atoms with van der Waals surface area (Å²) in [4.78, 5) is 19.9. The molecule has 1 saturated heterocycles. The molecule has 2 aliphatic rings. The van der Waals surface area contributed by atoms with Gasteiger partial charge in [0, 0.05) is 42.8 Å². The first-order valence-electron chi connectivity index (χ1n) is 11.9. The Kier molecular flexibility index (Phi) is 7.03. The zero-order chi connectivity index (χ0) is 24.5. The number of piperazine rings is 1. The third-order valence-electron chi connectivity index (χ3n) is 6.79. The molecule has 1 amide bonds. The number of benzene rings is 3. The van der Waals surface area contributed by atoms with Crippen LogP contribution in [0.5, 0.6) is 5.75 Å². The minimum absolute atomic E-state index is 0.0240. The lowest BCUT2D eigenvalue weighted by atomic mass is 10.0. The Morgan fingerprint density at radius 1 is 0.914 bits per heavy atom. The van der Waals surface area contributed by atoms with E-state index in [0.29, 0.717) is 31.0 Å². The number of fused-ring (bicyclic) bond motifs is 3. The second-order valence-corrected chi connectivity index (χ2v) is 10.2. The van der Waals surface area contributed by atoms with Crippen molar-refractivity contribution >= 4 is 29.1 Å². The van der Waals surface area contributed by atoms with E-state index in [1.807, 2.05) is 67.5 Å². The maximum atomic E-state index is 13.4. The molecule has 3 aromatic carbocycles. The molecule has 1 heterocycles. The summed E-state index contributed by atoms with van der Waals surface area (Å²) in [5.41, 5.74) is 5.39. The molecule has 7 heteroatoms. The van der Waals surface area contributed by atoms with Crippen LogP contribution in [0.1, 0.15) is 27.5 Å². The first-order valence-corrected chi connectivity index (χ1v) is 12.7. The van der Waals surface area contributed by atoms with E-state index in [2.05, 4.69) is 21.9 Å². The van der Waals surface area contributed by atoms with E-state index < -0.39 is 0 Å². The topological polar surface area (TPSA) is 36.0 Å². The molecular weight excluding hydrogens is 481 g/mol. The average molecular weight is 510 g/mol. The molecule has 0 saturated carbocycles. The summed E-state index contributed by atoms with van der Waals surface area (Å²) in [7, 11) is 4.01. The van der Waals surface area contributed by atoms with E-state index in [1.54, 1.807) is 0 Å². The van der Waals surface area contributed by atoms with Gasteiger partial charge in [-0.25, -0.2) is 0 Å². The van der Waals surface area contributed by atoms with Gasteiger partial charge >= 0.3 is 0 Å². The minimum Gasteiger partial charge on any atom is -0.491 e. The summed E-state index contributed by atoms with van der Waals surface area (Å²) in [5, 5.41) is 1.44. The van der Waals surface area contributed by atoms with E-state index in [0.717, 1.165) is 40.8 Å². The Bertz CT molecular complexity index is 1190. The van der Waals surface area contributed by atoms with Crippen LogP contribution in [-0.4, -0.2) is 74.0 Å². The van der Waals surface area contributed by atoms with Gasteiger partial charge in [-0.15, -0.1) is 0 Å². The van der Waals surface area contributed by atoms with Crippen molar-refractivity contribution in [1.82, 2.24) is 14.7 Å². The van der Waals surface area contributed by atoms with Gasteiger partial charge in [-0.3, -0.25) is 9.69 Å². The molecule has 0 bridgehead atoms. The van der Waals surface area contributed by atoms with Crippen molar-refractivity contribution < 1.29 is 9.53 Å². The quantitative estimate of drug-likeness (QED) is 0.441. The number of amides is 1. The molecule has 0 aromatic heterocycles. The number of para-hydroxylation sites is 1. The van der Waals surface area contributed by atoms with Crippen molar-refractivity contribution in [1.29, 1.82) is 0 Å². The molecule has 0 radical (unpaired) electrons. The molecule has 1 aliphatic heterocycles. The van der Waals surface area contributed by atoms with Crippen LogP contribution in [-0.2, 0) is 0 Å². The monoisotopic (exact) mass is 509 g/mol. The number of nitrogens with zero attached hydrogens (tertiary/aromatic N) is 3. The zero-order valence-electron chi connectivity index (χ0n) is 20.0. The van der Waals surface area contributed by atoms with Crippen LogP contribution in [0.4, 0.5) is 0 Å². The fraction of sp³-hybridized carbons (Fsp3) is 0.321. The van der Waals surface area contributed by atoms with E-state index in [1.165, 1.54) is 11.1 Å². The highest BCUT2D eigenvalue weighted by Gasteiger charge is 2.35. The summed E-state index contributed by atoms with van der Waals surface area (Å²) in [6.45, 7) is 4.22. The van der Waals surface area contributed by atoms with E-state index in [4.69, 9.17) is 27.9 Å². The van der Waals surface area contributed by atoms with Gasteiger partial charge in [0.2, 0.25) is 0 Å². The number of carbonyl (C=O) groups excluding carboxylic acids is 1. The van der Waals surface area contributed by atoms with Crippen molar-refractivity contribution in [2.24, 2.45) is 0 Å². The van der Waals surface area contributed by atoms with Gasteiger partial charge in [-0.1, -0.05) is 47.5 Å². The van der Waals surface area contributed by atoms with E-state index in [-0.39, 0.29) is 11.9 Å². The van der Waals surface area contributed by atoms with E-state index >= 15 is 0 Å². The highest BCUT2D eigenvalue weighted by molar-refractivity contribution is 6.31. The molecule has 0 spiro atoms. The number of hydrogen-bond acceptors (Lipinski definition) is 4. The van der Waals surface area contributed by atoms with Crippen LogP contribution in [0, 0.1) is 0 Å². The smallest absolute Gasteiger partial charge is 0.257 e. The molecule has 35 heavy (non-hydrogen) atoms. The summed E-state index contributed by atoms with van der Waals surface area (Å²) in [6.07, 6.45) is 0. The van der Waals surface area contributed by atoms with Crippen LogP contribution in [0.25, 0.3) is 11.1 Å². The standard InChI is InChI=1S/C28H29Cl2N3O2/c1-31(2)15-16-35-26-6-4-3-5-23(26)28(34)33-13-11-32(12-14-33)27-21-9-7-19(29)17-24(21)25-18-20(30)8-10-22(25)27/h3-10,17-18,27H,11-16H2,1-2H3. The highest BCUT2D eigenvalue weighted by Crippen LogP contribution is 2.48. The Hall–Kier alpha value is -2.57. The molecule has 182 valence electrons. The van der Waals surface area contributed by atoms with Crippen LogP contribution in [0.2, 0.25) is 10.0 Å². The summed E-state index contributed by atoms with van der Waals surface area (Å²) >= 11 is 12.7. The third kappa shape index (κ3) is 4.91. The van der Waals surface area contributed by atoms with Crippen LogP contribution >= 0.6 is 23.2 Å². The largest absolute Gasteiger partial charge is 0.491 e. The van der Waals surface area contributed by atoms with Crippen LogP contribution in [0.3, 0.4) is 0 Å². The number of likely N-dealkylation sites (N-methyl/N-ethyl adjacent to an activating group) is 1. The lowest BCUT2D eigenvalue weighted by Gasteiger charge is -2.39. The third-order valence-corrected chi connectivity index (χ3v) is 7.26. The Morgan fingerprint density at radius 2 is 1.51 bits per heavy atom. The fourth-order valence-electron chi connectivity index (χ4n) is 5.02. The van der Waals surface area contributed by atoms with Crippen molar-refractivity contribution in [3.8, 4) is 16.9 Å². The molecule has 1 aliphatic carbocycles. The summed E-state index contributed by atoms with van der Waals surface area (Å²) < 4.78 is 5.94. The number of rotatable bonds is 6. The molecule has 1 fully saturated rings. The molecule has 0 unspecified atom stereocenters. The number of halogens is 2. The van der Waals surface area contributed by atoms with Gasteiger partial charge < -0.3 is 14.5 Å². The Balaban J connectivity index is 1.32. The number of ether oxygens (including phenoxy) is 1. The minimum atomic E-state index is 0.0240. The molecule has 3 aromatic rings.